The third-order valence-electron chi connectivity index (χ3n) is 2.49. The van der Waals surface area contributed by atoms with E-state index in [1.165, 1.54) is 25.1 Å². The standard InChI is InChI=1S/C11H12ClFO3S/c1-7(17(2,15)16)10(14)6-8-4-3-5-9(13)11(8)12/h3-5,7H,6H2,1-2H3. The van der Waals surface area contributed by atoms with Crippen LogP contribution in [-0.4, -0.2) is 25.7 Å². The number of halogens is 2. The molecule has 0 N–H and O–H groups in total. The van der Waals surface area contributed by atoms with Crippen LogP contribution in [0, 0.1) is 5.82 Å². The Labute approximate surface area is 105 Å². The Morgan fingerprint density at radius 3 is 2.59 bits per heavy atom. The summed E-state index contributed by atoms with van der Waals surface area (Å²) >= 11 is 5.68. The molecule has 94 valence electrons. The molecular weight excluding hydrogens is 267 g/mol. The van der Waals surface area contributed by atoms with E-state index in [2.05, 4.69) is 0 Å². The number of sulfone groups is 1. The summed E-state index contributed by atoms with van der Waals surface area (Å²) in [5.74, 6) is -1.12. The maximum atomic E-state index is 13.1. The largest absolute Gasteiger partial charge is 0.298 e. The molecular formula is C11H12ClFO3S. The average Bonchev–Trinajstić information content (AvgIpc) is 2.22. The summed E-state index contributed by atoms with van der Waals surface area (Å²) in [5.41, 5.74) is 0.298. The predicted molar refractivity (Wildman–Crippen MR) is 64.4 cm³/mol. The van der Waals surface area contributed by atoms with E-state index in [9.17, 15) is 17.6 Å². The first-order valence-corrected chi connectivity index (χ1v) is 7.21. The van der Waals surface area contributed by atoms with Crippen LogP contribution >= 0.6 is 11.6 Å². The molecule has 1 atom stereocenters. The molecule has 0 aliphatic heterocycles. The second-order valence-electron chi connectivity index (χ2n) is 3.83. The summed E-state index contributed by atoms with van der Waals surface area (Å²) in [7, 11) is -3.43. The summed E-state index contributed by atoms with van der Waals surface area (Å²) in [4.78, 5) is 11.7. The summed E-state index contributed by atoms with van der Waals surface area (Å²) in [5, 5.41) is -1.25. The highest BCUT2D eigenvalue weighted by atomic mass is 35.5. The van der Waals surface area contributed by atoms with Gasteiger partial charge in [0.25, 0.3) is 0 Å². The van der Waals surface area contributed by atoms with Crippen molar-refractivity contribution in [3.05, 3.63) is 34.6 Å². The van der Waals surface area contributed by atoms with E-state index in [1.54, 1.807) is 0 Å². The van der Waals surface area contributed by atoms with Gasteiger partial charge in [0.2, 0.25) is 0 Å². The molecule has 0 aliphatic carbocycles. The lowest BCUT2D eigenvalue weighted by atomic mass is 10.1. The molecule has 0 saturated heterocycles. The minimum absolute atomic E-state index is 0.137. The van der Waals surface area contributed by atoms with Crippen LogP contribution in [-0.2, 0) is 21.1 Å². The van der Waals surface area contributed by atoms with Gasteiger partial charge in [0.15, 0.2) is 15.6 Å². The van der Waals surface area contributed by atoms with E-state index < -0.39 is 26.7 Å². The minimum Gasteiger partial charge on any atom is -0.298 e. The van der Waals surface area contributed by atoms with Crippen LogP contribution in [0.25, 0.3) is 0 Å². The van der Waals surface area contributed by atoms with Crippen LogP contribution in [0.15, 0.2) is 18.2 Å². The van der Waals surface area contributed by atoms with Gasteiger partial charge in [0.1, 0.15) is 11.1 Å². The Morgan fingerprint density at radius 1 is 1.47 bits per heavy atom. The average molecular weight is 279 g/mol. The maximum absolute atomic E-state index is 13.1. The van der Waals surface area contributed by atoms with Crippen molar-refractivity contribution >= 4 is 27.2 Å². The van der Waals surface area contributed by atoms with Crippen LogP contribution < -0.4 is 0 Å². The SMILES string of the molecule is CC(C(=O)Cc1cccc(F)c1Cl)S(C)(=O)=O. The van der Waals surface area contributed by atoms with E-state index in [1.807, 2.05) is 0 Å². The monoisotopic (exact) mass is 278 g/mol. The van der Waals surface area contributed by atoms with Gasteiger partial charge in [-0.15, -0.1) is 0 Å². The van der Waals surface area contributed by atoms with Gasteiger partial charge in [0.05, 0.1) is 5.02 Å². The molecule has 17 heavy (non-hydrogen) atoms. The number of hydrogen-bond acceptors (Lipinski definition) is 3. The second-order valence-corrected chi connectivity index (χ2v) is 6.57. The van der Waals surface area contributed by atoms with Crippen LogP contribution in [0.3, 0.4) is 0 Å². The van der Waals surface area contributed by atoms with E-state index >= 15 is 0 Å². The molecule has 3 nitrogen and oxygen atoms in total. The van der Waals surface area contributed by atoms with E-state index in [0.29, 0.717) is 5.56 Å². The molecule has 1 rings (SSSR count). The maximum Gasteiger partial charge on any atom is 0.157 e. The highest BCUT2D eigenvalue weighted by Gasteiger charge is 2.24. The van der Waals surface area contributed by atoms with E-state index in [4.69, 9.17) is 11.6 Å². The van der Waals surface area contributed by atoms with Gasteiger partial charge in [-0.05, 0) is 18.6 Å². The fraction of sp³-hybridized carbons (Fsp3) is 0.364. The Morgan fingerprint density at radius 2 is 2.06 bits per heavy atom. The number of carbonyl (C=O) groups excluding carboxylic acids is 1. The lowest BCUT2D eigenvalue weighted by molar-refractivity contribution is -0.117. The topological polar surface area (TPSA) is 51.2 Å². The highest BCUT2D eigenvalue weighted by Crippen LogP contribution is 2.21. The van der Waals surface area contributed by atoms with Crippen molar-refractivity contribution in [2.45, 2.75) is 18.6 Å². The van der Waals surface area contributed by atoms with Gasteiger partial charge in [-0.25, -0.2) is 12.8 Å². The van der Waals surface area contributed by atoms with Crippen molar-refractivity contribution in [3.63, 3.8) is 0 Å². The first-order valence-electron chi connectivity index (χ1n) is 4.88. The smallest absolute Gasteiger partial charge is 0.157 e. The van der Waals surface area contributed by atoms with Crippen LogP contribution in [0.2, 0.25) is 5.02 Å². The molecule has 0 heterocycles. The van der Waals surface area contributed by atoms with Gasteiger partial charge < -0.3 is 0 Å². The summed E-state index contributed by atoms with van der Waals surface area (Å²) in [6.45, 7) is 1.31. The normalized spacial score (nSPS) is 13.4. The quantitative estimate of drug-likeness (QED) is 0.847. The molecule has 0 aliphatic rings. The van der Waals surface area contributed by atoms with Crippen molar-refractivity contribution in [1.82, 2.24) is 0 Å². The van der Waals surface area contributed by atoms with Crippen molar-refractivity contribution < 1.29 is 17.6 Å². The van der Waals surface area contributed by atoms with Crippen molar-refractivity contribution in [2.75, 3.05) is 6.26 Å². The Balaban J connectivity index is 2.93. The predicted octanol–water partition coefficient (Wildman–Crippen LogP) is 2.02. The van der Waals surface area contributed by atoms with Gasteiger partial charge in [-0.1, -0.05) is 23.7 Å². The first kappa shape index (κ1) is 14.1. The minimum atomic E-state index is -3.43. The van der Waals surface area contributed by atoms with Crippen LogP contribution in [0.5, 0.6) is 0 Å². The number of rotatable bonds is 4. The second kappa shape index (κ2) is 5.14. The van der Waals surface area contributed by atoms with Gasteiger partial charge in [-0.2, -0.15) is 0 Å². The van der Waals surface area contributed by atoms with Crippen LogP contribution in [0.4, 0.5) is 4.39 Å². The molecule has 0 aromatic heterocycles. The number of ketones is 1. The molecule has 6 heteroatoms. The summed E-state index contributed by atoms with van der Waals surface area (Å²) in [6.07, 6.45) is 0.799. The summed E-state index contributed by atoms with van der Waals surface area (Å²) in [6, 6.07) is 4.10. The third-order valence-corrected chi connectivity index (χ3v) is 4.46. The Hall–Kier alpha value is -0.940. The van der Waals surface area contributed by atoms with Gasteiger partial charge in [0, 0.05) is 12.7 Å². The van der Waals surface area contributed by atoms with Crippen LogP contribution in [0.1, 0.15) is 12.5 Å². The third kappa shape index (κ3) is 3.51. The molecule has 0 spiro atoms. The van der Waals surface area contributed by atoms with Crippen molar-refractivity contribution in [2.24, 2.45) is 0 Å². The molecule has 0 fully saturated rings. The molecule has 0 saturated carbocycles. The molecule has 0 amide bonds. The number of carbonyl (C=O) groups is 1. The van der Waals surface area contributed by atoms with Gasteiger partial charge in [-0.3, -0.25) is 4.79 Å². The van der Waals surface area contributed by atoms with Gasteiger partial charge >= 0.3 is 0 Å². The fourth-order valence-electron chi connectivity index (χ4n) is 1.26. The Kier molecular flexibility index (Phi) is 4.27. The van der Waals surface area contributed by atoms with E-state index in [-0.39, 0.29) is 11.4 Å². The van der Waals surface area contributed by atoms with E-state index in [0.717, 1.165) is 6.26 Å². The number of hydrogen-bond donors (Lipinski definition) is 0. The lowest BCUT2D eigenvalue weighted by Gasteiger charge is -2.09. The molecule has 0 radical (unpaired) electrons. The zero-order valence-electron chi connectivity index (χ0n) is 9.41. The molecule has 1 aromatic rings. The zero-order valence-corrected chi connectivity index (χ0v) is 11.0. The van der Waals surface area contributed by atoms with Crippen molar-refractivity contribution in [3.8, 4) is 0 Å². The first-order chi connectivity index (χ1) is 7.73. The zero-order chi connectivity index (χ0) is 13.2. The molecule has 1 aromatic carbocycles. The molecule has 0 bridgehead atoms. The molecule has 1 unspecified atom stereocenters. The fourth-order valence-corrected chi connectivity index (χ4v) is 2.01. The highest BCUT2D eigenvalue weighted by molar-refractivity contribution is 7.92. The number of benzene rings is 1. The Bertz CT molecular complexity index is 540. The lowest BCUT2D eigenvalue weighted by Crippen LogP contribution is -2.27. The number of Topliss-reactive ketones (excluding diaryl/α,β-unsaturated/α-hetero) is 1. The van der Waals surface area contributed by atoms with Crippen molar-refractivity contribution in [1.29, 1.82) is 0 Å². The summed E-state index contributed by atoms with van der Waals surface area (Å²) < 4.78 is 35.5.